The molecule has 0 aliphatic heterocycles. The lowest BCUT2D eigenvalue weighted by Gasteiger charge is -2.27. The van der Waals surface area contributed by atoms with Crippen LogP contribution in [-0.2, 0) is 28.5 Å². The summed E-state index contributed by atoms with van der Waals surface area (Å²) in [4.78, 5) is 47.3. The van der Waals surface area contributed by atoms with Gasteiger partial charge in [-0.2, -0.15) is 0 Å². The third kappa shape index (κ3) is 14.0. The predicted molar refractivity (Wildman–Crippen MR) is 124 cm³/mol. The van der Waals surface area contributed by atoms with Crippen molar-refractivity contribution in [2.24, 2.45) is 0 Å². The first kappa shape index (κ1) is 33.3. The van der Waals surface area contributed by atoms with Gasteiger partial charge < -0.3 is 50.0 Å². The number of nitrogens with one attached hydrogen (secondary N) is 2. The van der Waals surface area contributed by atoms with Gasteiger partial charge in [-0.05, 0) is 55.4 Å². The van der Waals surface area contributed by atoms with E-state index in [0.29, 0.717) is 0 Å². The third-order valence-corrected chi connectivity index (χ3v) is 4.10. The van der Waals surface area contributed by atoms with E-state index in [1.54, 1.807) is 41.5 Å². The van der Waals surface area contributed by atoms with Gasteiger partial charge >= 0.3 is 24.1 Å². The summed E-state index contributed by atoms with van der Waals surface area (Å²) in [6.07, 6.45) is -9.35. The molecule has 0 spiro atoms. The van der Waals surface area contributed by atoms with Crippen LogP contribution in [0.3, 0.4) is 0 Å². The number of aliphatic hydroxyl groups is 4. The standard InChI is InChI=1S/C22H40N2O12/c1-11(23-19(31)35-21(3,4)5)17(29)33-9-13(25)15(27)16(28)14(26)10-34-18(30)12(2)24-20(32)36-22(6,7)8/h11-16,25-28H,9-10H2,1-8H3,(H,23,31)(H,24,32)/t11-,12-,13+,14+,15+,16+/m0/s1. The number of rotatable bonds is 11. The Balaban J connectivity index is 4.56. The fourth-order valence-corrected chi connectivity index (χ4v) is 2.32. The Kier molecular flexibility index (Phi) is 13.1. The van der Waals surface area contributed by atoms with Crippen LogP contribution in [0.25, 0.3) is 0 Å². The number of amides is 2. The fraction of sp³-hybridized carbons (Fsp3) is 0.818. The van der Waals surface area contributed by atoms with Gasteiger partial charge in [0, 0.05) is 0 Å². The van der Waals surface area contributed by atoms with Crippen molar-refractivity contribution in [3.8, 4) is 0 Å². The van der Waals surface area contributed by atoms with Gasteiger partial charge in [-0.25, -0.2) is 19.2 Å². The topological polar surface area (TPSA) is 210 Å². The predicted octanol–water partition coefficient (Wildman–Crippen LogP) is -0.657. The molecule has 0 heterocycles. The Bertz CT molecular complexity index is 684. The van der Waals surface area contributed by atoms with Gasteiger partial charge in [0.1, 0.15) is 60.9 Å². The summed E-state index contributed by atoms with van der Waals surface area (Å²) < 4.78 is 19.6. The van der Waals surface area contributed by atoms with E-state index in [4.69, 9.17) is 18.9 Å². The summed E-state index contributed by atoms with van der Waals surface area (Å²) in [5, 5.41) is 44.5. The molecule has 0 unspecified atom stereocenters. The molecule has 0 fully saturated rings. The van der Waals surface area contributed by atoms with E-state index < -0.39 is 85.0 Å². The first-order valence-electron chi connectivity index (χ1n) is 11.3. The zero-order valence-electron chi connectivity index (χ0n) is 21.9. The van der Waals surface area contributed by atoms with E-state index in [9.17, 15) is 39.6 Å². The van der Waals surface area contributed by atoms with Gasteiger partial charge in [0.15, 0.2) is 0 Å². The monoisotopic (exact) mass is 524 g/mol. The smallest absolute Gasteiger partial charge is 0.408 e. The van der Waals surface area contributed by atoms with Crippen molar-refractivity contribution in [2.75, 3.05) is 13.2 Å². The van der Waals surface area contributed by atoms with E-state index in [2.05, 4.69) is 10.6 Å². The van der Waals surface area contributed by atoms with Gasteiger partial charge in [-0.1, -0.05) is 0 Å². The maximum atomic E-state index is 12.0. The highest BCUT2D eigenvalue weighted by molar-refractivity contribution is 5.81. The number of carbonyl (C=O) groups is 4. The van der Waals surface area contributed by atoms with Gasteiger partial charge in [0.25, 0.3) is 0 Å². The second-order valence-electron chi connectivity index (χ2n) is 10.1. The highest BCUT2D eigenvalue weighted by Gasteiger charge is 2.33. The summed E-state index contributed by atoms with van der Waals surface area (Å²) in [6, 6.07) is -2.29. The Labute approximate surface area is 210 Å². The average Bonchev–Trinajstić information content (AvgIpc) is 2.70. The summed E-state index contributed by atoms with van der Waals surface area (Å²) in [7, 11) is 0. The lowest BCUT2D eigenvalue weighted by Crippen LogP contribution is -2.49. The number of hydrogen-bond acceptors (Lipinski definition) is 12. The first-order valence-corrected chi connectivity index (χ1v) is 11.3. The minimum absolute atomic E-state index is 0.777. The van der Waals surface area contributed by atoms with Crippen LogP contribution >= 0.6 is 0 Å². The fourth-order valence-electron chi connectivity index (χ4n) is 2.32. The molecule has 210 valence electrons. The van der Waals surface area contributed by atoms with Crippen molar-refractivity contribution < 1.29 is 58.6 Å². The number of alkyl carbamates (subject to hydrolysis) is 2. The van der Waals surface area contributed by atoms with Crippen LogP contribution in [0.1, 0.15) is 55.4 Å². The lowest BCUT2D eigenvalue weighted by atomic mass is 10.0. The minimum Gasteiger partial charge on any atom is -0.461 e. The zero-order valence-corrected chi connectivity index (χ0v) is 21.9. The van der Waals surface area contributed by atoms with Crippen LogP contribution < -0.4 is 10.6 Å². The normalized spacial score (nSPS) is 16.9. The molecule has 14 heteroatoms. The van der Waals surface area contributed by atoms with Crippen LogP contribution in [0.15, 0.2) is 0 Å². The molecule has 6 N–H and O–H groups in total. The van der Waals surface area contributed by atoms with Crippen molar-refractivity contribution >= 4 is 24.1 Å². The van der Waals surface area contributed by atoms with E-state index >= 15 is 0 Å². The number of aliphatic hydroxyl groups excluding tert-OH is 4. The Morgan fingerprint density at radius 3 is 1.17 bits per heavy atom. The van der Waals surface area contributed by atoms with Crippen LogP contribution in [0.4, 0.5) is 9.59 Å². The van der Waals surface area contributed by atoms with E-state index in [-0.39, 0.29) is 0 Å². The zero-order chi connectivity index (χ0) is 28.4. The van der Waals surface area contributed by atoms with Gasteiger partial charge in [0.2, 0.25) is 0 Å². The maximum absolute atomic E-state index is 12.0. The highest BCUT2D eigenvalue weighted by atomic mass is 16.6. The minimum atomic E-state index is -1.99. The van der Waals surface area contributed by atoms with Crippen LogP contribution in [0.2, 0.25) is 0 Å². The Hall–Kier alpha value is -2.68. The van der Waals surface area contributed by atoms with Crippen molar-refractivity contribution in [2.45, 2.75) is 103 Å². The molecule has 0 rings (SSSR count). The van der Waals surface area contributed by atoms with Gasteiger partial charge in [-0.3, -0.25) is 0 Å². The summed E-state index contributed by atoms with van der Waals surface area (Å²) >= 11 is 0. The molecular weight excluding hydrogens is 484 g/mol. The van der Waals surface area contributed by atoms with E-state index in [1.165, 1.54) is 13.8 Å². The summed E-state index contributed by atoms with van der Waals surface area (Å²) in [6.45, 7) is 10.9. The first-order chi connectivity index (χ1) is 16.2. The Morgan fingerprint density at radius 2 is 0.917 bits per heavy atom. The third-order valence-electron chi connectivity index (χ3n) is 4.10. The maximum Gasteiger partial charge on any atom is 0.408 e. The second-order valence-corrected chi connectivity index (χ2v) is 10.1. The van der Waals surface area contributed by atoms with Crippen molar-refractivity contribution in [3.63, 3.8) is 0 Å². The number of hydrogen-bond donors (Lipinski definition) is 6. The molecule has 0 saturated carbocycles. The molecule has 0 aromatic rings. The van der Waals surface area contributed by atoms with Crippen molar-refractivity contribution in [1.82, 2.24) is 10.6 Å². The van der Waals surface area contributed by atoms with Gasteiger partial charge in [-0.15, -0.1) is 0 Å². The molecule has 0 bridgehead atoms. The van der Waals surface area contributed by atoms with Crippen LogP contribution in [0.5, 0.6) is 0 Å². The van der Waals surface area contributed by atoms with Crippen molar-refractivity contribution in [1.29, 1.82) is 0 Å². The quantitative estimate of drug-likeness (QED) is 0.147. The molecule has 2 amide bonds. The Morgan fingerprint density at radius 1 is 0.639 bits per heavy atom. The molecular formula is C22H40N2O12. The SMILES string of the molecule is C[C@H](NC(=O)OC(C)(C)C)C(=O)OC[C@@H](O)[C@@H](O)[C@H](O)[C@H](O)COC(=O)[C@H](C)NC(=O)OC(C)(C)C. The largest absolute Gasteiger partial charge is 0.461 e. The number of esters is 2. The molecule has 14 nitrogen and oxygen atoms in total. The van der Waals surface area contributed by atoms with Crippen LogP contribution in [0, 0.1) is 0 Å². The van der Waals surface area contributed by atoms with E-state index in [1.807, 2.05) is 0 Å². The van der Waals surface area contributed by atoms with Crippen LogP contribution in [-0.4, -0.2) is 105 Å². The molecule has 0 radical (unpaired) electrons. The summed E-state index contributed by atoms with van der Waals surface area (Å²) in [5.74, 6) is -1.91. The molecule has 0 aromatic carbocycles. The lowest BCUT2D eigenvalue weighted by molar-refractivity contribution is -0.164. The number of ether oxygens (including phenoxy) is 4. The molecule has 0 aliphatic carbocycles. The molecule has 0 aromatic heterocycles. The molecule has 6 atom stereocenters. The van der Waals surface area contributed by atoms with Crippen molar-refractivity contribution in [3.05, 3.63) is 0 Å². The molecule has 36 heavy (non-hydrogen) atoms. The van der Waals surface area contributed by atoms with Gasteiger partial charge in [0.05, 0.1) is 0 Å². The summed E-state index contributed by atoms with van der Waals surface area (Å²) in [5.41, 5.74) is -1.57. The number of carbonyl (C=O) groups excluding carboxylic acids is 4. The molecule has 0 saturated heterocycles. The molecule has 0 aliphatic rings. The van der Waals surface area contributed by atoms with E-state index in [0.717, 1.165) is 0 Å². The second kappa shape index (κ2) is 14.2. The average molecular weight is 525 g/mol. The highest BCUT2D eigenvalue weighted by Crippen LogP contribution is 2.10.